The summed E-state index contributed by atoms with van der Waals surface area (Å²) < 4.78 is 0. The first-order valence-electron chi connectivity index (χ1n) is 4.70. The third kappa shape index (κ3) is 2.38. The Labute approximate surface area is 91.3 Å². The molecule has 0 bridgehead atoms. The second kappa shape index (κ2) is 4.47. The summed E-state index contributed by atoms with van der Waals surface area (Å²) in [7, 11) is 0. The van der Waals surface area contributed by atoms with Crippen LogP contribution in [0, 0.1) is 6.92 Å². The zero-order chi connectivity index (χ0) is 11.4. The molecule has 2 aromatic rings. The van der Waals surface area contributed by atoms with E-state index in [4.69, 9.17) is 0 Å². The van der Waals surface area contributed by atoms with E-state index >= 15 is 0 Å². The third-order valence-corrected chi connectivity index (χ3v) is 1.92. The first-order chi connectivity index (χ1) is 7.75. The highest BCUT2D eigenvalue weighted by Crippen LogP contribution is 1.98. The molecule has 0 saturated carbocycles. The van der Waals surface area contributed by atoms with Crippen LogP contribution in [-0.2, 0) is 6.54 Å². The van der Waals surface area contributed by atoms with Crippen molar-refractivity contribution in [2.45, 2.75) is 13.5 Å². The summed E-state index contributed by atoms with van der Waals surface area (Å²) in [6.45, 7) is 2.06. The van der Waals surface area contributed by atoms with Gasteiger partial charge in [-0.1, -0.05) is 11.3 Å². The third-order valence-electron chi connectivity index (χ3n) is 1.92. The molecule has 7 heteroatoms. The largest absolute Gasteiger partial charge is 0.343 e. The number of carbonyl (C=O) groups excluding carboxylic acids is 1. The fraction of sp³-hybridized carbons (Fsp3) is 0.222. The van der Waals surface area contributed by atoms with Crippen molar-refractivity contribution < 1.29 is 4.79 Å². The first kappa shape index (κ1) is 10.2. The zero-order valence-corrected chi connectivity index (χ0v) is 8.64. The number of hydrogen-bond acceptors (Lipinski definition) is 5. The predicted molar refractivity (Wildman–Crippen MR) is 54.3 cm³/mol. The minimum Gasteiger partial charge on any atom is -0.343 e. The number of rotatable bonds is 3. The molecule has 0 atom stereocenters. The van der Waals surface area contributed by atoms with Crippen LogP contribution in [0.1, 0.15) is 22.0 Å². The standard InChI is InChI=1S/C9H10N6O/c1-6-3-2-4-7(11-6)9(16)10-5-8-12-14-15-13-8/h2-4H,5H2,1H3,(H,10,16)(H,12,13,14,15). The quantitative estimate of drug-likeness (QED) is 0.745. The molecule has 0 spiro atoms. The molecular formula is C9H10N6O. The van der Waals surface area contributed by atoms with Gasteiger partial charge in [-0.15, -0.1) is 10.2 Å². The van der Waals surface area contributed by atoms with Crippen LogP contribution in [0.25, 0.3) is 0 Å². The Bertz CT molecular complexity index is 481. The molecule has 7 nitrogen and oxygen atoms in total. The lowest BCUT2D eigenvalue weighted by Crippen LogP contribution is -2.24. The van der Waals surface area contributed by atoms with Crippen LogP contribution in [0.4, 0.5) is 0 Å². The molecule has 0 radical (unpaired) electrons. The maximum atomic E-state index is 11.6. The van der Waals surface area contributed by atoms with Crippen LogP contribution < -0.4 is 5.32 Å². The van der Waals surface area contributed by atoms with E-state index in [2.05, 4.69) is 30.9 Å². The smallest absolute Gasteiger partial charge is 0.270 e. The fourth-order valence-corrected chi connectivity index (χ4v) is 1.18. The van der Waals surface area contributed by atoms with Gasteiger partial charge in [-0.05, 0) is 19.1 Å². The zero-order valence-electron chi connectivity index (χ0n) is 8.64. The molecule has 16 heavy (non-hydrogen) atoms. The van der Waals surface area contributed by atoms with Crippen molar-refractivity contribution in [1.29, 1.82) is 0 Å². The summed E-state index contributed by atoms with van der Waals surface area (Å²) in [4.78, 5) is 15.7. The van der Waals surface area contributed by atoms with Gasteiger partial charge in [-0.3, -0.25) is 4.79 Å². The van der Waals surface area contributed by atoms with Crippen molar-refractivity contribution in [1.82, 2.24) is 30.9 Å². The SMILES string of the molecule is Cc1cccc(C(=O)NCc2nn[nH]n2)n1. The molecule has 2 aromatic heterocycles. The summed E-state index contributed by atoms with van der Waals surface area (Å²) >= 11 is 0. The Kier molecular flexibility index (Phi) is 2.86. The van der Waals surface area contributed by atoms with E-state index < -0.39 is 0 Å². The van der Waals surface area contributed by atoms with Crippen molar-refractivity contribution in [2.75, 3.05) is 0 Å². The molecule has 2 N–H and O–H groups in total. The molecule has 1 amide bonds. The van der Waals surface area contributed by atoms with Crippen LogP contribution in [0.2, 0.25) is 0 Å². The summed E-state index contributed by atoms with van der Waals surface area (Å²) in [6, 6.07) is 5.26. The van der Waals surface area contributed by atoms with E-state index in [1.54, 1.807) is 12.1 Å². The van der Waals surface area contributed by atoms with Gasteiger partial charge in [0.1, 0.15) is 5.69 Å². The lowest BCUT2D eigenvalue weighted by molar-refractivity contribution is 0.0944. The number of amides is 1. The van der Waals surface area contributed by atoms with Gasteiger partial charge in [0, 0.05) is 5.69 Å². The summed E-state index contributed by atoms with van der Waals surface area (Å²) in [5, 5.41) is 15.8. The monoisotopic (exact) mass is 218 g/mol. The lowest BCUT2D eigenvalue weighted by atomic mass is 10.3. The van der Waals surface area contributed by atoms with E-state index in [1.165, 1.54) is 0 Å². The minimum atomic E-state index is -0.256. The summed E-state index contributed by atoms with van der Waals surface area (Å²) in [5.41, 5.74) is 1.18. The molecule has 0 saturated heterocycles. The topological polar surface area (TPSA) is 96.5 Å². The number of nitrogens with zero attached hydrogens (tertiary/aromatic N) is 4. The van der Waals surface area contributed by atoms with Crippen molar-refractivity contribution in [2.24, 2.45) is 0 Å². The van der Waals surface area contributed by atoms with Gasteiger partial charge in [0.05, 0.1) is 6.54 Å². The Morgan fingerprint density at radius 2 is 2.38 bits per heavy atom. The molecule has 0 unspecified atom stereocenters. The number of H-pyrrole nitrogens is 1. The summed E-state index contributed by atoms with van der Waals surface area (Å²) in [6.07, 6.45) is 0. The van der Waals surface area contributed by atoms with Crippen LogP contribution >= 0.6 is 0 Å². The Morgan fingerprint density at radius 1 is 1.50 bits per heavy atom. The number of carbonyl (C=O) groups is 1. The highest BCUT2D eigenvalue weighted by molar-refractivity contribution is 5.92. The van der Waals surface area contributed by atoms with E-state index in [0.717, 1.165) is 5.69 Å². The van der Waals surface area contributed by atoms with Gasteiger partial charge in [0.2, 0.25) is 0 Å². The lowest BCUT2D eigenvalue weighted by Gasteiger charge is -2.02. The number of hydrogen-bond donors (Lipinski definition) is 2. The second-order valence-electron chi connectivity index (χ2n) is 3.17. The van der Waals surface area contributed by atoms with Gasteiger partial charge in [0.15, 0.2) is 5.82 Å². The normalized spacial score (nSPS) is 10.1. The number of aryl methyl sites for hydroxylation is 1. The molecule has 0 aliphatic carbocycles. The molecule has 0 fully saturated rings. The number of aromatic amines is 1. The number of pyridine rings is 1. The van der Waals surface area contributed by atoms with E-state index in [0.29, 0.717) is 11.5 Å². The van der Waals surface area contributed by atoms with E-state index in [-0.39, 0.29) is 12.5 Å². The maximum Gasteiger partial charge on any atom is 0.270 e. The second-order valence-corrected chi connectivity index (χ2v) is 3.17. The van der Waals surface area contributed by atoms with Crippen molar-refractivity contribution in [3.8, 4) is 0 Å². The number of nitrogens with one attached hydrogen (secondary N) is 2. The van der Waals surface area contributed by atoms with Gasteiger partial charge in [-0.25, -0.2) is 4.98 Å². The highest BCUT2D eigenvalue weighted by Gasteiger charge is 2.07. The molecule has 0 aliphatic heterocycles. The number of tetrazole rings is 1. The highest BCUT2D eigenvalue weighted by atomic mass is 16.1. The van der Waals surface area contributed by atoms with Gasteiger partial charge >= 0.3 is 0 Å². The average Bonchev–Trinajstić information content (AvgIpc) is 2.78. The Morgan fingerprint density at radius 3 is 3.06 bits per heavy atom. The molecule has 0 aliphatic rings. The predicted octanol–water partition coefficient (Wildman–Crippen LogP) is -0.167. The molecule has 0 aromatic carbocycles. The Balaban J connectivity index is 1.98. The van der Waals surface area contributed by atoms with Crippen molar-refractivity contribution >= 4 is 5.91 Å². The maximum absolute atomic E-state index is 11.6. The van der Waals surface area contributed by atoms with Crippen molar-refractivity contribution in [3.63, 3.8) is 0 Å². The Hall–Kier alpha value is -2.31. The summed E-state index contributed by atoms with van der Waals surface area (Å²) in [5.74, 6) is 0.175. The molecule has 2 rings (SSSR count). The average molecular weight is 218 g/mol. The van der Waals surface area contributed by atoms with Crippen molar-refractivity contribution in [3.05, 3.63) is 35.4 Å². The van der Waals surface area contributed by atoms with Crippen LogP contribution in [-0.4, -0.2) is 31.5 Å². The van der Waals surface area contributed by atoms with Gasteiger partial charge in [-0.2, -0.15) is 5.21 Å². The minimum absolute atomic E-state index is 0.227. The van der Waals surface area contributed by atoms with Crippen LogP contribution in [0.5, 0.6) is 0 Å². The van der Waals surface area contributed by atoms with Gasteiger partial charge in [0.25, 0.3) is 5.91 Å². The van der Waals surface area contributed by atoms with E-state index in [9.17, 15) is 4.79 Å². The number of aromatic nitrogens is 5. The first-order valence-corrected chi connectivity index (χ1v) is 4.70. The molecule has 82 valence electrons. The van der Waals surface area contributed by atoms with E-state index in [1.807, 2.05) is 13.0 Å². The fourth-order valence-electron chi connectivity index (χ4n) is 1.18. The van der Waals surface area contributed by atoms with Gasteiger partial charge < -0.3 is 5.32 Å². The van der Waals surface area contributed by atoms with Crippen LogP contribution in [0.3, 0.4) is 0 Å². The molecular weight excluding hydrogens is 208 g/mol. The molecule has 2 heterocycles. The van der Waals surface area contributed by atoms with Crippen LogP contribution in [0.15, 0.2) is 18.2 Å².